The minimum atomic E-state index is -0.660. The second kappa shape index (κ2) is 6.13. The van der Waals surface area contributed by atoms with Gasteiger partial charge in [0.1, 0.15) is 6.04 Å². The van der Waals surface area contributed by atoms with E-state index >= 15 is 0 Å². The van der Waals surface area contributed by atoms with Gasteiger partial charge in [-0.25, -0.2) is 9.59 Å². The second-order valence-electron chi connectivity index (χ2n) is 4.48. The number of methoxy groups -OCH3 is 1. The number of hydrogen-bond donors (Lipinski definition) is 0. The number of halogens is 1. The largest absolute Gasteiger partial charge is 0.467 e. The van der Waals surface area contributed by atoms with E-state index in [9.17, 15) is 9.59 Å². The third-order valence-corrected chi connectivity index (χ3v) is 3.51. The Balaban J connectivity index is 2.32. The van der Waals surface area contributed by atoms with E-state index in [-0.39, 0.29) is 13.2 Å². The molecule has 0 spiro atoms. The molecule has 0 aliphatic carbocycles. The molecule has 0 aromatic heterocycles. The molecule has 1 atom stereocenters. The number of hydrogen-bond acceptors (Lipinski definition) is 4. The van der Waals surface area contributed by atoms with Crippen molar-refractivity contribution in [3.05, 3.63) is 34.3 Å². The standard InChI is InChI=1S/C14H16ClNO4/c1-3-20-14(18)16-8-10-6-11(15)5-4-9(10)7-12(16)13(17)19-2/h4-6,12H,3,7-8H2,1-2H3/t12-/m1/s1. The lowest BCUT2D eigenvalue weighted by molar-refractivity contribution is -0.147. The maximum atomic E-state index is 12.0. The van der Waals surface area contributed by atoms with E-state index in [0.29, 0.717) is 11.4 Å². The zero-order valence-corrected chi connectivity index (χ0v) is 12.1. The van der Waals surface area contributed by atoms with Crippen molar-refractivity contribution >= 4 is 23.7 Å². The average Bonchev–Trinajstić information content (AvgIpc) is 2.45. The lowest BCUT2D eigenvalue weighted by Crippen LogP contribution is -2.49. The predicted octanol–water partition coefficient (Wildman–Crippen LogP) is 2.40. The van der Waals surface area contributed by atoms with E-state index in [1.807, 2.05) is 6.07 Å². The van der Waals surface area contributed by atoms with Crippen LogP contribution in [0, 0.1) is 0 Å². The first kappa shape index (κ1) is 14.7. The van der Waals surface area contributed by atoms with Gasteiger partial charge in [0.2, 0.25) is 0 Å². The summed E-state index contributed by atoms with van der Waals surface area (Å²) in [6.45, 7) is 2.26. The van der Waals surface area contributed by atoms with Crippen LogP contribution < -0.4 is 0 Å². The van der Waals surface area contributed by atoms with E-state index < -0.39 is 18.1 Å². The molecule has 0 fully saturated rings. The minimum Gasteiger partial charge on any atom is -0.467 e. The van der Waals surface area contributed by atoms with Gasteiger partial charge in [-0.1, -0.05) is 17.7 Å². The summed E-state index contributed by atoms with van der Waals surface area (Å²) in [7, 11) is 1.31. The fourth-order valence-electron chi connectivity index (χ4n) is 2.30. The summed E-state index contributed by atoms with van der Waals surface area (Å²) < 4.78 is 9.77. The van der Waals surface area contributed by atoms with Crippen molar-refractivity contribution in [3.63, 3.8) is 0 Å². The number of nitrogens with zero attached hydrogens (tertiary/aromatic N) is 1. The van der Waals surface area contributed by atoms with Crippen molar-refractivity contribution in [3.8, 4) is 0 Å². The van der Waals surface area contributed by atoms with Crippen LogP contribution in [0.2, 0.25) is 5.02 Å². The molecule has 1 heterocycles. The molecule has 20 heavy (non-hydrogen) atoms. The quantitative estimate of drug-likeness (QED) is 0.787. The highest BCUT2D eigenvalue weighted by Crippen LogP contribution is 2.27. The van der Waals surface area contributed by atoms with Crippen LogP contribution in [-0.2, 0) is 27.2 Å². The van der Waals surface area contributed by atoms with Crippen LogP contribution >= 0.6 is 11.6 Å². The van der Waals surface area contributed by atoms with Crippen molar-refractivity contribution < 1.29 is 19.1 Å². The number of ether oxygens (including phenoxy) is 2. The predicted molar refractivity (Wildman–Crippen MR) is 73.5 cm³/mol. The van der Waals surface area contributed by atoms with Crippen LogP contribution in [0.4, 0.5) is 4.79 Å². The Morgan fingerprint density at radius 3 is 2.80 bits per heavy atom. The highest BCUT2D eigenvalue weighted by molar-refractivity contribution is 6.30. The first-order valence-electron chi connectivity index (χ1n) is 6.35. The van der Waals surface area contributed by atoms with Gasteiger partial charge in [0.25, 0.3) is 0 Å². The average molecular weight is 298 g/mol. The number of carbonyl (C=O) groups is 2. The van der Waals surface area contributed by atoms with Crippen LogP contribution in [0.5, 0.6) is 0 Å². The Morgan fingerprint density at radius 2 is 2.15 bits per heavy atom. The van der Waals surface area contributed by atoms with Crippen LogP contribution in [0.15, 0.2) is 18.2 Å². The highest BCUT2D eigenvalue weighted by atomic mass is 35.5. The fourth-order valence-corrected chi connectivity index (χ4v) is 2.49. The molecule has 108 valence electrons. The molecule has 6 heteroatoms. The Labute approximate surface area is 122 Å². The Morgan fingerprint density at radius 1 is 1.40 bits per heavy atom. The van der Waals surface area contributed by atoms with Crippen LogP contribution in [0.25, 0.3) is 0 Å². The van der Waals surface area contributed by atoms with E-state index in [2.05, 4.69) is 0 Å². The smallest absolute Gasteiger partial charge is 0.410 e. The third-order valence-electron chi connectivity index (χ3n) is 3.27. The second-order valence-corrected chi connectivity index (χ2v) is 4.92. The number of esters is 1. The first-order chi connectivity index (χ1) is 9.56. The summed E-state index contributed by atoms with van der Waals surface area (Å²) in [6, 6.07) is 4.79. The van der Waals surface area contributed by atoms with Gasteiger partial charge in [-0.05, 0) is 30.2 Å². The summed E-state index contributed by atoms with van der Waals surface area (Å²) in [4.78, 5) is 25.2. The fraction of sp³-hybridized carbons (Fsp3) is 0.429. The summed E-state index contributed by atoms with van der Waals surface area (Å²) in [5, 5.41) is 0.601. The molecular weight excluding hydrogens is 282 g/mol. The normalized spacial score (nSPS) is 17.4. The van der Waals surface area contributed by atoms with Gasteiger partial charge in [0.05, 0.1) is 20.3 Å². The molecule has 0 bridgehead atoms. The van der Waals surface area contributed by atoms with Crippen LogP contribution in [0.1, 0.15) is 18.1 Å². The van der Waals surface area contributed by atoms with Gasteiger partial charge in [-0.3, -0.25) is 4.90 Å². The van der Waals surface area contributed by atoms with Crippen molar-refractivity contribution in [2.24, 2.45) is 0 Å². The van der Waals surface area contributed by atoms with Crippen LogP contribution in [0.3, 0.4) is 0 Å². The van der Waals surface area contributed by atoms with Crippen molar-refractivity contribution in [2.75, 3.05) is 13.7 Å². The monoisotopic (exact) mass is 297 g/mol. The molecule has 0 saturated heterocycles. The molecule has 1 aliphatic heterocycles. The Hall–Kier alpha value is -1.75. The number of amides is 1. The highest BCUT2D eigenvalue weighted by Gasteiger charge is 2.36. The van der Waals surface area contributed by atoms with Gasteiger partial charge in [0, 0.05) is 11.4 Å². The Bertz CT molecular complexity index is 532. The topological polar surface area (TPSA) is 55.8 Å². The lowest BCUT2D eigenvalue weighted by atomic mass is 9.94. The summed E-state index contributed by atoms with van der Waals surface area (Å²) in [6.07, 6.45) is -0.119. The van der Waals surface area contributed by atoms with E-state index in [1.54, 1.807) is 19.1 Å². The summed E-state index contributed by atoms with van der Waals surface area (Å²) in [5.41, 5.74) is 1.91. The molecule has 0 saturated carbocycles. The number of carbonyl (C=O) groups excluding carboxylic acids is 2. The zero-order valence-electron chi connectivity index (χ0n) is 11.4. The molecule has 1 amide bonds. The maximum absolute atomic E-state index is 12.0. The molecule has 1 aromatic rings. The van der Waals surface area contributed by atoms with Crippen molar-refractivity contribution in [2.45, 2.75) is 25.9 Å². The number of benzene rings is 1. The van der Waals surface area contributed by atoms with Gasteiger partial charge >= 0.3 is 12.1 Å². The van der Waals surface area contributed by atoms with Crippen molar-refractivity contribution in [1.82, 2.24) is 4.90 Å². The van der Waals surface area contributed by atoms with Gasteiger partial charge in [-0.2, -0.15) is 0 Å². The third kappa shape index (κ3) is 2.88. The molecule has 5 nitrogen and oxygen atoms in total. The van der Waals surface area contributed by atoms with Crippen LogP contribution in [-0.4, -0.2) is 36.7 Å². The summed E-state index contributed by atoms with van der Waals surface area (Å²) >= 11 is 5.96. The molecular formula is C14H16ClNO4. The molecule has 0 N–H and O–H groups in total. The Kier molecular flexibility index (Phi) is 4.49. The van der Waals surface area contributed by atoms with E-state index in [0.717, 1.165) is 11.1 Å². The molecule has 1 aromatic carbocycles. The van der Waals surface area contributed by atoms with E-state index in [4.69, 9.17) is 21.1 Å². The molecule has 0 unspecified atom stereocenters. The number of rotatable bonds is 2. The van der Waals surface area contributed by atoms with Gasteiger partial charge in [0.15, 0.2) is 0 Å². The minimum absolute atomic E-state index is 0.256. The first-order valence-corrected chi connectivity index (χ1v) is 6.73. The van der Waals surface area contributed by atoms with Gasteiger partial charge < -0.3 is 9.47 Å². The molecule has 1 aliphatic rings. The molecule has 2 rings (SSSR count). The zero-order chi connectivity index (χ0) is 14.7. The maximum Gasteiger partial charge on any atom is 0.410 e. The van der Waals surface area contributed by atoms with Gasteiger partial charge in [-0.15, -0.1) is 0 Å². The SMILES string of the molecule is CCOC(=O)N1Cc2cc(Cl)ccc2C[C@@H]1C(=O)OC. The summed E-state index contributed by atoms with van der Waals surface area (Å²) in [5.74, 6) is -0.446. The van der Waals surface area contributed by atoms with E-state index in [1.165, 1.54) is 12.0 Å². The lowest BCUT2D eigenvalue weighted by Gasteiger charge is -2.34. The molecule has 0 radical (unpaired) electrons. The number of fused-ring (bicyclic) bond motifs is 1. The van der Waals surface area contributed by atoms with Crippen molar-refractivity contribution in [1.29, 1.82) is 0 Å².